The summed E-state index contributed by atoms with van der Waals surface area (Å²) in [5.74, 6) is 1.73. The maximum Gasteiger partial charge on any atom is 0.411 e. The number of hydrogen-bond donors (Lipinski definition) is 0. The third kappa shape index (κ3) is 5.21. The Balaban J connectivity index is 1.28. The molecular weight excluding hydrogens is 462 g/mol. The molecule has 0 bridgehead atoms. The molecule has 0 saturated carbocycles. The lowest BCUT2D eigenvalue weighted by molar-refractivity contribution is -0.134. The van der Waals surface area contributed by atoms with Crippen LogP contribution < -0.4 is 4.90 Å². The minimum atomic E-state index is -0.592. The van der Waals surface area contributed by atoms with Gasteiger partial charge in [0.15, 0.2) is 0 Å². The first-order valence-electron chi connectivity index (χ1n) is 12.5. The van der Waals surface area contributed by atoms with E-state index in [1.807, 2.05) is 37.9 Å². The Bertz CT molecular complexity index is 1070. The second kappa shape index (κ2) is 9.85. The van der Waals surface area contributed by atoms with Crippen molar-refractivity contribution in [3.05, 3.63) is 36.5 Å². The van der Waals surface area contributed by atoms with Crippen molar-refractivity contribution in [1.82, 2.24) is 19.7 Å². The van der Waals surface area contributed by atoms with Crippen LogP contribution in [0, 0.1) is 0 Å². The van der Waals surface area contributed by atoms with Gasteiger partial charge in [0.05, 0.1) is 11.4 Å². The molecule has 0 aliphatic carbocycles. The number of hydrogen-bond acceptors (Lipinski definition) is 7. The van der Waals surface area contributed by atoms with Crippen molar-refractivity contribution in [2.45, 2.75) is 44.9 Å². The summed E-state index contributed by atoms with van der Waals surface area (Å²) in [7, 11) is 0. The largest absolute Gasteiger partial charge is 0.444 e. The summed E-state index contributed by atoms with van der Waals surface area (Å²) < 4.78 is 5.69. The fourth-order valence-corrected chi connectivity index (χ4v) is 6.27. The summed E-state index contributed by atoms with van der Waals surface area (Å²) in [6.07, 6.45) is 2.16. The number of para-hydroxylation sites is 1. The molecule has 3 aliphatic heterocycles. The SMILES string of the molecule is CC(C)(C)OC(=O)N1C[C@@H](N2CCN(c3ccnc4ccccc34)CC2)C[C@H]1C(=O)N1CCSC1. The van der Waals surface area contributed by atoms with Gasteiger partial charge < -0.3 is 14.5 Å². The summed E-state index contributed by atoms with van der Waals surface area (Å²) in [5.41, 5.74) is 1.64. The van der Waals surface area contributed by atoms with Crippen LogP contribution in [0.2, 0.25) is 0 Å². The minimum Gasteiger partial charge on any atom is -0.444 e. The highest BCUT2D eigenvalue weighted by Crippen LogP contribution is 2.30. The predicted molar refractivity (Wildman–Crippen MR) is 140 cm³/mol. The van der Waals surface area contributed by atoms with E-state index in [4.69, 9.17) is 4.74 Å². The van der Waals surface area contributed by atoms with Crippen molar-refractivity contribution in [2.75, 3.05) is 55.8 Å². The predicted octanol–water partition coefficient (Wildman–Crippen LogP) is 3.27. The molecule has 2 atom stereocenters. The number of fused-ring (bicyclic) bond motifs is 1. The van der Waals surface area contributed by atoms with Gasteiger partial charge in [0.2, 0.25) is 5.91 Å². The lowest BCUT2D eigenvalue weighted by atomic mass is 10.1. The van der Waals surface area contributed by atoms with Crippen LogP contribution in [-0.2, 0) is 9.53 Å². The van der Waals surface area contributed by atoms with E-state index < -0.39 is 11.6 Å². The highest BCUT2D eigenvalue weighted by Gasteiger charge is 2.45. The number of ether oxygens (including phenoxy) is 1. The molecule has 3 aliphatic rings. The number of pyridine rings is 1. The number of nitrogens with zero attached hydrogens (tertiary/aromatic N) is 5. The molecule has 5 rings (SSSR count). The number of likely N-dealkylation sites (tertiary alicyclic amines) is 1. The summed E-state index contributed by atoms with van der Waals surface area (Å²) >= 11 is 1.77. The van der Waals surface area contributed by atoms with Gasteiger partial charge in [0.1, 0.15) is 11.6 Å². The molecule has 0 spiro atoms. The lowest BCUT2D eigenvalue weighted by Crippen LogP contribution is -2.51. The average molecular weight is 498 g/mol. The van der Waals surface area contributed by atoms with Crippen molar-refractivity contribution in [3.8, 4) is 0 Å². The molecule has 4 heterocycles. The van der Waals surface area contributed by atoms with E-state index in [1.165, 1.54) is 11.1 Å². The van der Waals surface area contributed by atoms with E-state index >= 15 is 0 Å². The minimum absolute atomic E-state index is 0.0604. The monoisotopic (exact) mass is 497 g/mol. The number of piperazine rings is 1. The van der Waals surface area contributed by atoms with Crippen LogP contribution in [0.5, 0.6) is 0 Å². The standard InChI is InChI=1S/C26H35N5O3S/c1-26(2,3)34-25(33)31-17-19(16-23(31)24(32)30-14-15-35-18-30)28-10-12-29(13-11-28)22-8-9-27-21-7-5-4-6-20(21)22/h4-9,19,23H,10-18H2,1-3H3/t19-,23-/m0/s1. The van der Waals surface area contributed by atoms with Crippen LogP contribution in [0.15, 0.2) is 36.5 Å². The average Bonchev–Trinajstić information content (AvgIpc) is 3.53. The van der Waals surface area contributed by atoms with Gasteiger partial charge in [-0.2, -0.15) is 0 Å². The Morgan fingerprint density at radius 2 is 1.83 bits per heavy atom. The Hall–Kier alpha value is -2.52. The van der Waals surface area contributed by atoms with Gasteiger partial charge in [-0.05, 0) is 39.3 Å². The smallest absolute Gasteiger partial charge is 0.411 e. The third-order valence-electron chi connectivity index (χ3n) is 7.05. The number of benzene rings is 1. The second-order valence-electron chi connectivity index (χ2n) is 10.5. The highest BCUT2D eigenvalue weighted by atomic mass is 32.2. The van der Waals surface area contributed by atoms with E-state index in [0.717, 1.165) is 44.0 Å². The van der Waals surface area contributed by atoms with Crippen LogP contribution in [0.1, 0.15) is 27.2 Å². The molecule has 9 heteroatoms. The fraction of sp³-hybridized carbons (Fsp3) is 0.577. The Labute approximate surface area is 211 Å². The van der Waals surface area contributed by atoms with E-state index in [2.05, 4.69) is 39.0 Å². The van der Waals surface area contributed by atoms with Crippen molar-refractivity contribution < 1.29 is 14.3 Å². The molecule has 1 aromatic carbocycles. The van der Waals surface area contributed by atoms with E-state index in [0.29, 0.717) is 18.8 Å². The summed E-state index contributed by atoms with van der Waals surface area (Å²) in [6.45, 7) is 10.5. The zero-order valence-corrected chi connectivity index (χ0v) is 21.7. The maximum absolute atomic E-state index is 13.3. The van der Waals surface area contributed by atoms with Crippen molar-refractivity contribution in [1.29, 1.82) is 0 Å². The number of aromatic nitrogens is 1. The first-order valence-corrected chi connectivity index (χ1v) is 13.6. The molecule has 3 saturated heterocycles. The van der Waals surface area contributed by atoms with Crippen molar-refractivity contribution in [2.24, 2.45) is 0 Å². The molecule has 0 N–H and O–H groups in total. The van der Waals surface area contributed by atoms with Gasteiger partial charge in [0.25, 0.3) is 0 Å². The number of carbonyl (C=O) groups is 2. The first-order chi connectivity index (χ1) is 16.8. The van der Waals surface area contributed by atoms with Gasteiger partial charge in [0, 0.05) is 68.3 Å². The van der Waals surface area contributed by atoms with Crippen LogP contribution in [0.4, 0.5) is 10.5 Å². The van der Waals surface area contributed by atoms with Crippen LogP contribution in [0.25, 0.3) is 10.9 Å². The summed E-state index contributed by atoms with van der Waals surface area (Å²) in [4.78, 5) is 39.4. The van der Waals surface area contributed by atoms with Gasteiger partial charge in [-0.25, -0.2) is 4.79 Å². The number of anilines is 1. The molecule has 35 heavy (non-hydrogen) atoms. The number of carbonyl (C=O) groups excluding carboxylic acids is 2. The van der Waals surface area contributed by atoms with E-state index in [-0.39, 0.29) is 18.0 Å². The number of thioether (sulfide) groups is 1. The second-order valence-corrected chi connectivity index (χ2v) is 11.6. The quantitative estimate of drug-likeness (QED) is 0.645. The van der Waals surface area contributed by atoms with Gasteiger partial charge >= 0.3 is 6.09 Å². The molecule has 0 radical (unpaired) electrons. The normalized spacial score (nSPS) is 23.8. The van der Waals surface area contributed by atoms with Gasteiger partial charge in [-0.3, -0.25) is 19.6 Å². The topological polar surface area (TPSA) is 69.2 Å². The number of rotatable bonds is 3. The van der Waals surface area contributed by atoms with Gasteiger partial charge in [-0.15, -0.1) is 11.8 Å². The summed E-state index contributed by atoms with van der Waals surface area (Å²) in [6, 6.07) is 10.1. The van der Waals surface area contributed by atoms with Gasteiger partial charge in [-0.1, -0.05) is 18.2 Å². The Morgan fingerprint density at radius 3 is 2.54 bits per heavy atom. The van der Waals surface area contributed by atoms with E-state index in [1.54, 1.807) is 16.7 Å². The molecule has 2 aromatic rings. The Morgan fingerprint density at radius 1 is 1.06 bits per heavy atom. The highest BCUT2D eigenvalue weighted by molar-refractivity contribution is 7.99. The molecular formula is C26H35N5O3S. The molecule has 2 amide bonds. The molecule has 8 nitrogen and oxygen atoms in total. The van der Waals surface area contributed by atoms with Crippen molar-refractivity contribution >= 4 is 40.4 Å². The summed E-state index contributed by atoms with van der Waals surface area (Å²) in [5, 5.41) is 1.18. The lowest BCUT2D eigenvalue weighted by Gasteiger charge is -2.39. The fourth-order valence-electron chi connectivity index (χ4n) is 5.32. The zero-order valence-electron chi connectivity index (χ0n) is 20.9. The molecule has 1 aromatic heterocycles. The first kappa shape index (κ1) is 24.2. The molecule has 3 fully saturated rings. The molecule has 0 unspecified atom stereocenters. The van der Waals surface area contributed by atoms with Crippen LogP contribution in [-0.4, -0.2) is 100 Å². The number of amides is 2. The zero-order chi connectivity index (χ0) is 24.6. The van der Waals surface area contributed by atoms with Crippen LogP contribution >= 0.6 is 11.8 Å². The molecule has 188 valence electrons. The van der Waals surface area contributed by atoms with E-state index in [9.17, 15) is 9.59 Å². The van der Waals surface area contributed by atoms with Crippen LogP contribution in [0.3, 0.4) is 0 Å². The van der Waals surface area contributed by atoms with Crippen molar-refractivity contribution in [3.63, 3.8) is 0 Å². The maximum atomic E-state index is 13.3. The third-order valence-corrected chi connectivity index (χ3v) is 8.02. The Kier molecular flexibility index (Phi) is 6.81.